The Labute approximate surface area is 127 Å². The van der Waals surface area contributed by atoms with Crippen LogP contribution in [0, 0.1) is 10.1 Å². The molecule has 0 spiro atoms. The van der Waals surface area contributed by atoms with Crippen molar-refractivity contribution >= 4 is 23.2 Å². The van der Waals surface area contributed by atoms with E-state index in [0.29, 0.717) is 13.2 Å². The standard InChI is InChI=1S/C14H17ClN2O4/c1-3-10-8-21-9(2)7-16(10)14(18)12-6-11(17(19)20)4-5-13(12)15/h4-6,9-10H,3,7-8H2,1-2H3. The van der Waals surface area contributed by atoms with Crippen LogP contribution in [0.15, 0.2) is 18.2 Å². The van der Waals surface area contributed by atoms with Gasteiger partial charge in [0.15, 0.2) is 0 Å². The van der Waals surface area contributed by atoms with Crippen molar-refractivity contribution in [3.05, 3.63) is 38.9 Å². The van der Waals surface area contributed by atoms with E-state index in [4.69, 9.17) is 16.3 Å². The Balaban J connectivity index is 2.33. The van der Waals surface area contributed by atoms with Crippen molar-refractivity contribution in [3.63, 3.8) is 0 Å². The molecule has 2 rings (SSSR count). The first-order valence-electron chi connectivity index (χ1n) is 6.80. The van der Waals surface area contributed by atoms with Gasteiger partial charge in [0.25, 0.3) is 11.6 Å². The first kappa shape index (κ1) is 15.7. The Morgan fingerprint density at radius 1 is 1.57 bits per heavy atom. The lowest BCUT2D eigenvalue weighted by Gasteiger charge is -2.38. The van der Waals surface area contributed by atoms with Gasteiger partial charge in [0.1, 0.15) is 0 Å². The van der Waals surface area contributed by atoms with Crippen molar-refractivity contribution in [2.24, 2.45) is 0 Å². The molecule has 1 aromatic rings. The minimum absolute atomic E-state index is 0.0379. The van der Waals surface area contributed by atoms with Crippen molar-refractivity contribution < 1.29 is 14.5 Å². The molecule has 0 saturated carbocycles. The van der Waals surface area contributed by atoms with E-state index in [2.05, 4.69) is 0 Å². The molecule has 0 aliphatic carbocycles. The summed E-state index contributed by atoms with van der Waals surface area (Å²) in [5.41, 5.74) is 0.0236. The number of ether oxygens (including phenoxy) is 1. The van der Waals surface area contributed by atoms with E-state index >= 15 is 0 Å². The smallest absolute Gasteiger partial charge is 0.270 e. The van der Waals surface area contributed by atoms with Gasteiger partial charge in [-0.15, -0.1) is 0 Å². The van der Waals surface area contributed by atoms with Gasteiger partial charge in [0.05, 0.1) is 34.3 Å². The summed E-state index contributed by atoms with van der Waals surface area (Å²) in [6.45, 7) is 4.78. The molecule has 1 saturated heterocycles. The normalized spacial score (nSPS) is 22.1. The van der Waals surface area contributed by atoms with Crippen LogP contribution in [0.3, 0.4) is 0 Å². The number of rotatable bonds is 3. The molecule has 0 N–H and O–H groups in total. The van der Waals surface area contributed by atoms with Gasteiger partial charge >= 0.3 is 0 Å². The topological polar surface area (TPSA) is 72.7 Å². The van der Waals surface area contributed by atoms with Gasteiger partial charge in [0.2, 0.25) is 0 Å². The Morgan fingerprint density at radius 2 is 2.29 bits per heavy atom. The highest BCUT2D eigenvalue weighted by Crippen LogP contribution is 2.26. The molecule has 21 heavy (non-hydrogen) atoms. The Hall–Kier alpha value is -1.66. The molecule has 114 valence electrons. The second kappa shape index (κ2) is 6.41. The Bertz CT molecular complexity index is 564. The summed E-state index contributed by atoms with van der Waals surface area (Å²) >= 11 is 6.04. The van der Waals surface area contributed by atoms with Gasteiger partial charge in [-0.25, -0.2) is 0 Å². The number of carbonyl (C=O) groups is 1. The van der Waals surface area contributed by atoms with E-state index in [9.17, 15) is 14.9 Å². The van der Waals surface area contributed by atoms with Crippen LogP contribution in [0.2, 0.25) is 5.02 Å². The third kappa shape index (κ3) is 3.33. The van der Waals surface area contributed by atoms with E-state index in [-0.39, 0.29) is 34.3 Å². The fraction of sp³-hybridized carbons (Fsp3) is 0.500. The zero-order chi connectivity index (χ0) is 15.6. The van der Waals surface area contributed by atoms with Gasteiger partial charge in [-0.2, -0.15) is 0 Å². The summed E-state index contributed by atoms with van der Waals surface area (Å²) < 4.78 is 5.55. The maximum absolute atomic E-state index is 12.7. The highest BCUT2D eigenvalue weighted by molar-refractivity contribution is 6.33. The van der Waals surface area contributed by atoms with Crippen molar-refractivity contribution in [1.29, 1.82) is 0 Å². The quantitative estimate of drug-likeness (QED) is 0.635. The van der Waals surface area contributed by atoms with Crippen LogP contribution in [-0.2, 0) is 4.74 Å². The monoisotopic (exact) mass is 312 g/mol. The molecule has 1 fully saturated rings. The van der Waals surface area contributed by atoms with Gasteiger partial charge in [-0.05, 0) is 19.4 Å². The molecular weight excluding hydrogens is 296 g/mol. The summed E-state index contributed by atoms with van der Waals surface area (Å²) in [5.74, 6) is -0.286. The number of amides is 1. The lowest BCUT2D eigenvalue weighted by Crippen LogP contribution is -2.51. The zero-order valence-corrected chi connectivity index (χ0v) is 12.7. The maximum Gasteiger partial charge on any atom is 0.270 e. The SMILES string of the molecule is CCC1COC(C)CN1C(=O)c1cc([N+](=O)[O-])ccc1Cl. The molecule has 0 aromatic heterocycles. The number of benzene rings is 1. The van der Waals surface area contributed by atoms with E-state index < -0.39 is 4.92 Å². The van der Waals surface area contributed by atoms with Crippen LogP contribution in [-0.4, -0.2) is 41.0 Å². The van der Waals surface area contributed by atoms with Crippen molar-refractivity contribution in [2.75, 3.05) is 13.2 Å². The summed E-state index contributed by atoms with van der Waals surface area (Å²) in [4.78, 5) is 24.7. The third-order valence-electron chi connectivity index (χ3n) is 3.59. The van der Waals surface area contributed by atoms with E-state index in [0.717, 1.165) is 6.42 Å². The lowest BCUT2D eigenvalue weighted by molar-refractivity contribution is -0.384. The molecule has 1 amide bonds. The average Bonchev–Trinajstić information content (AvgIpc) is 2.46. The maximum atomic E-state index is 12.7. The number of halogens is 1. The number of hydrogen-bond acceptors (Lipinski definition) is 4. The average molecular weight is 313 g/mol. The number of nitrogens with zero attached hydrogens (tertiary/aromatic N) is 2. The van der Waals surface area contributed by atoms with Crippen LogP contribution < -0.4 is 0 Å². The first-order valence-corrected chi connectivity index (χ1v) is 7.18. The number of non-ortho nitro benzene ring substituents is 1. The fourth-order valence-corrected chi connectivity index (χ4v) is 2.57. The summed E-state index contributed by atoms with van der Waals surface area (Å²) in [5, 5.41) is 11.1. The summed E-state index contributed by atoms with van der Waals surface area (Å²) in [7, 11) is 0. The second-order valence-electron chi connectivity index (χ2n) is 5.08. The van der Waals surface area contributed by atoms with Crippen LogP contribution in [0.5, 0.6) is 0 Å². The zero-order valence-electron chi connectivity index (χ0n) is 11.9. The molecule has 2 atom stereocenters. The van der Waals surface area contributed by atoms with Crippen LogP contribution in [0.25, 0.3) is 0 Å². The molecule has 7 heteroatoms. The Morgan fingerprint density at radius 3 is 2.90 bits per heavy atom. The molecule has 1 aliphatic rings. The predicted octanol–water partition coefficient (Wildman–Crippen LogP) is 2.89. The molecular formula is C14H17ClN2O4. The molecule has 0 radical (unpaired) electrons. The van der Waals surface area contributed by atoms with Gasteiger partial charge in [0, 0.05) is 18.7 Å². The van der Waals surface area contributed by atoms with Crippen LogP contribution >= 0.6 is 11.6 Å². The van der Waals surface area contributed by atoms with Gasteiger partial charge < -0.3 is 9.64 Å². The van der Waals surface area contributed by atoms with Gasteiger partial charge in [-0.1, -0.05) is 18.5 Å². The van der Waals surface area contributed by atoms with E-state index in [1.807, 2.05) is 13.8 Å². The Kier molecular flexibility index (Phi) is 4.80. The highest BCUT2D eigenvalue weighted by Gasteiger charge is 2.31. The fourth-order valence-electron chi connectivity index (χ4n) is 2.38. The lowest BCUT2D eigenvalue weighted by atomic mass is 10.1. The van der Waals surface area contributed by atoms with E-state index in [1.165, 1.54) is 18.2 Å². The molecule has 0 bridgehead atoms. The summed E-state index contributed by atoms with van der Waals surface area (Å²) in [6, 6.07) is 3.87. The predicted molar refractivity (Wildman–Crippen MR) is 78.6 cm³/mol. The van der Waals surface area contributed by atoms with Crippen LogP contribution in [0.1, 0.15) is 30.6 Å². The molecule has 1 heterocycles. The molecule has 1 aliphatic heterocycles. The van der Waals surface area contributed by atoms with Crippen molar-refractivity contribution in [3.8, 4) is 0 Å². The minimum Gasteiger partial charge on any atom is -0.375 e. The largest absolute Gasteiger partial charge is 0.375 e. The number of morpholine rings is 1. The molecule has 1 aromatic carbocycles. The first-order chi connectivity index (χ1) is 9.93. The van der Waals surface area contributed by atoms with Crippen molar-refractivity contribution in [1.82, 2.24) is 4.90 Å². The van der Waals surface area contributed by atoms with Gasteiger partial charge in [-0.3, -0.25) is 14.9 Å². The van der Waals surface area contributed by atoms with E-state index in [1.54, 1.807) is 4.90 Å². The number of carbonyl (C=O) groups excluding carboxylic acids is 1. The second-order valence-corrected chi connectivity index (χ2v) is 5.49. The van der Waals surface area contributed by atoms with Crippen molar-refractivity contribution in [2.45, 2.75) is 32.4 Å². The summed E-state index contributed by atoms with van der Waals surface area (Å²) in [6.07, 6.45) is 0.694. The molecule has 2 unspecified atom stereocenters. The minimum atomic E-state index is -0.535. The molecule has 6 nitrogen and oxygen atoms in total. The highest BCUT2D eigenvalue weighted by atomic mass is 35.5. The number of hydrogen-bond donors (Lipinski definition) is 0. The van der Waals surface area contributed by atoms with Crippen LogP contribution in [0.4, 0.5) is 5.69 Å². The third-order valence-corrected chi connectivity index (χ3v) is 3.92. The number of nitro groups is 1. The number of nitro benzene ring substituents is 1.